The lowest BCUT2D eigenvalue weighted by Gasteiger charge is -2.16. The van der Waals surface area contributed by atoms with Crippen molar-refractivity contribution >= 4 is 21.9 Å². The Morgan fingerprint density at radius 1 is 1.14 bits per heavy atom. The van der Waals surface area contributed by atoms with Crippen LogP contribution >= 0.6 is 15.9 Å². The van der Waals surface area contributed by atoms with E-state index in [4.69, 9.17) is 4.74 Å². The summed E-state index contributed by atoms with van der Waals surface area (Å²) >= 11 is 3.06. The van der Waals surface area contributed by atoms with Gasteiger partial charge in [-0.2, -0.15) is 0 Å². The maximum atomic E-state index is 14.1. The number of aryl methyl sites for hydroxylation is 1. The van der Waals surface area contributed by atoms with Gasteiger partial charge in [-0.3, -0.25) is 9.36 Å². The molecule has 0 fully saturated rings. The predicted octanol–water partition coefficient (Wildman–Crippen LogP) is 4.60. The number of pyridine rings is 1. The first-order chi connectivity index (χ1) is 13.7. The van der Waals surface area contributed by atoms with E-state index >= 15 is 0 Å². The number of aromatic nitrogens is 1. The lowest BCUT2D eigenvalue weighted by molar-refractivity contribution is 0.0693. The van der Waals surface area contributed by atoms with Crippen LogP contribution in [0.1, 0.15) is 21.6 Å². The monoisotopic (exact) mass is 467 g/mol. The number of hydrogen-bond donors (Lipinski definition) is 1. The Hall–Kier alpha value is -3.07. The number of hydrogen-bond acceptors (Lipinski definition) is 3. The van der Waals surface area contributed by atoms with Crippen molar-refractivity contribution in [2.45, 2.75) is 13.5 Å². The van der Waals surface area contributed by atoms with Crippen LogP contribution in [-0.2, 0) is 6.61 Å². The number of aromatic carboxylic acids is 1. The van der Waals surface area contributed by atoms with Gasteiger partial charge in [-0.05, 0) is 47.1 Å². The zero-order valence-corrected chi connectivity index (χ0v) is 16.5. The zero-order valence-electron chi connectivity index (χ0n) is 14.9. The smallest absolute Gasteiger partial charge is 0.336 e. The molecule has 5 nitrogen and oxygen atoms in total. The van der Waals surface area contributed by atoms with E-state index in [-0.39, 0.29) is 33.6 Å². The third kappa shape index (κ3) is 4.04. The Labute approximate surface area is 171 Å². The molecule has 0 atom stereocenters. The fourth-order valence-electron chi connectivity index (χ4n) is 2.80. The van der Waals surface area contributed by atoms with Crippen molar-refractivity contribution in [1.29, 1.82) is 0 Å². The van der Waals surface area contributed by atoms with Crippen molar-refractivity contribution in [3.05, 3.63) is 91.6 Å². The van der Waals surface area contributed by atoms with Crippen LogP contribution < -0.4 is 10.3 Å². The molecule has 0 unspecified atom stereocenters. The molecule has 2 aromatic carbocycles. The minimum Gasteiger partial charge on any atom is -0.487 e. The van der Waals surface area contributed by atoms with Gasteiger partial charge in [-0.15, -0.1) is 0 Å². The number of para-hydroxylation sites is 1. The summed E-state index contributed by atoms with van der Waals surface area (Å²) in [5.74, 6) is -3.82. The number of benzene rings is 2. The molecule has 9 heteroatoms. The number of ether oxygens (including phenoxy) is 1. The van der Waals surface area contributed by atoms with Crippen molar-refractivity contribution in [1.82, 2.24) is 4.57 Å². The van der Waals surface area contributed by atoms with Gasteiger partial charge in [0.05, 0.1) is 5.56 Å². The zero-order chi connectivity index (χ0) is 21.3. The average Bonchev–Trinajstić information content (AvgIpc) is 2.66. The van der Waals surface area contributed by atoms with Crippen LogP contribution in [-0.4, -0.2) is 15.6 Å². The van der Waals surface area contributed by atoms with Crippen molar-refractivity contribution in [2.24, 2.45) is 0 Å². The van der Waals surface area contributed by atoms with E-state index in [1.807, 2.05) is 0 Å². The first-order valence-electron chi connectivity index (χ1n) is 8.21. The number of carbonyl (C=O) groups is 1. The molecule has 0 radical (unpaired) electrons. The van der Waals surface area contributed by atoms with Crippen LogP contribution in [0.3, 0.4) is 0 Å². The lowest BCUT2D eigenvalue weighted by atomic mass is 10.1. The Balaban J connectivity index is 2.00. The number of carboxylic acid groups (broad SMARTS) is 1. The molecular weight excluding hydrogens is 455 g/mol. The topological polar surface area (TPSA) is 68.5 Å². The molecule has 3 aromatic rings. The van der Waals surface area contributed by atoms with Gasteiger partial charge in [0.2, 0.25) is 0 Å². The van der Waals surface area contributed by atoms with Crippen LogP contribution in [0.4, 0.5) is 13.2 Å². The molecule has 150 valence electrons. The summed E-state index contributed by atoms with van der Waals surface area (Å²) < 4.78 is 47.8. The van der Waals surface area contributed by atoms with Gasteiger partial charge in [-0.1, -0.05) is 12.1 Å². The second-order valence-corrected chi connectivity index (χ2v) is 6.86. The quantitative estimate of drug-likeness (QED) is 0.595. The van der Waals surface area contributed by atoms with E-state index in [9.17, 15) is 27.9 Å². The summed E-state index contributed by atoms with van der Waals surface area (Å²) in [7, 11) is 0. The van der Waals surface area contributed by atoms with Crippen LogP contribution in [0.15, 0.2) is 51.7 Å². The van der Waals surface area contributed by atoms with Crippen molar-refractivity contribution in [3.63, 3.8) is 0 Å². The van der Waals surface area contributed by atoms with Gasteiger partial charge in [0.15, 0.2) is 0 Å². The van der Waals surface area contributed by atoms with E-state index < -0.39 is 34.7 Å². The fourth-order valence-corrected chi connectivity index (χ4v) is 3.20. The molecule has 0 aliphatic heterocycles. The van der Waals surface area contributed by atoms with E-state index in [1.165, 1.54) is 25.1 Å². The average molecular weight is 468 g/mol. The lowest BCUT2D eigenvalue weighted by Crippen LogP contribution is -2.24. The number of halogens is 4. The number of carboxylic acids is 1. The third-order valence-electron chi connectivity index (χ3n) is 4.15. The minimum atomic E-state index is -1.33. The Kier molecular flexibility index (Phi) is 5.78. The van der Waals surface area contributed by atoms with Gasteiger partial charge in [0.1, 0.15) is 40.0 Å². The Morgan fingerprint density at radius 2 is 1.79 bits per heavy atom. The van der Waals surface area contributed by atoms with E-state index in [2.05, 4.69) is 15.9 Å². The van der Waals surface area contributed by atoms with Crippen LogP contribution in [0, 0.1) is 24.4 Å². The number of rotatable bonds is 5. The molecule has 1 aromatic heterocycles. The second kappa shape index (κ2) is 8.12. The molecule has 0 aliphatic carbocycles. The number of nitrogens with zero attached hydrogens (tertiary/aromatic N) is 1. The van der Waals surface area contributed by atoms with Gasteiger partial charge in [-0.25, -0.2) is 18.0 Å². The van der Waals surface area contributed by atoms with Gasteiger partial charge < -0.3 is 9.84 Å². The normalized spacial score (nSPS) is 10.8. The van der Waals surface area contributed by atoms with Gasteiger partial charge in [0, 0.05) is 17.3 Å². The van der Waals surface area contributed by atoms with Crippen molar-refractivity contribution in [3.8, 4) is 11.4 Å². The van der Waals surface area contributed by atoms with Crippen molar-refractivity contribution < 1.29 is 27.8 Å². The summed E-state index contributed by atoms with van der Waals surface area (Å²) in [4.78, 5) is 24.0. The van der Waals surface area contributed by atoms with Crippen molar-refractivity contribution in [2.75, 3.05) is 0 Å². The molecule has 0 spiro atoms. The highest BCUT2D eigenvalue weighted by Gasteiger charge is 2.19. The summed E-state index contributed by atoms with van der Waals surface area (Å²) in [6, 6.07) is 7.83. The molecule has 1 heterocycles. The highest BCUT2D eigenvalue weighted by atomic mass is 79.9. The highest BCUT2D eigenvalue weighted by Crippen LogP contribution is 2.27. The van der Waals surface area contributed by atoms with E-state index in [0.717, 1.165) is 28.8 Å². The summed E-state index contributed by atoms with van der Waals surface area (Å²) in [5.41, 5.74) is -1.18. The molecule has 0 amide bonds. The first-order valence-corrected chi connectivity index (χ1v) is 9.01. The molecular formula is C20H13BrF3NO4. The first kappa shape index (κ1) is 20.7. The summed E-state index contributed by atoms with van der Waals surface area (Å²) in [6.45, 7) is 1.20. The third-order valence-corrected chi connectivity index (χ3v) is 4.88. The standard InChI is InChI=1S/C20H13BrF3NO4/c1-10-7-16(29-9-11-5-6-12(22)8-13(11)20(27)28)17(21)19(26)25(10)18-14(23)3-2-4-15(18)24/h2-8H,9H2,1H3,(H,27,28). The molecule has 1 N–H and O–H groups in total. The minimum absolute atomic E-state index is 0.0427. The molecule has 3 rings (SSSR count). The van der Waals surface area contributed by atoms with Crippen LogP contribution in [0.2, 0.25) is 0 Å². The Bertz CT molecular complexity index is 1160. The SMILES string of the molecule is Cc1cc(OCc2ccc(F)cc2C(=O)O)c(Br)c(=O)n1-c1c(F)cccc1F. The fraction of sp³-hybridized carbons (Fsp3) is 0.100. The maximum Gasteiger partial charge on any atom is 0.336 e. The van der Waals surface area contributed by atoms with Crippen LogP contribution in [0.25, 0.3) is 5.69 Å². The molecule has 0 aliphatic rings. The maximum absolute atomic E-state index is 14.1. The highest BCUT2D eigenvalue weighted by molar-refractivity contribution is 9.10. The molecule has 0 bridgehead atoms. The Morgan fingerprint density at radius 3 is 2.41 bits per heavy atom. The predicted molar refractivity (Wildman–Crippen MR) is 102 cm³/mol. The molecule has 0 saturated heterocycles. The largest absolute Gasteiger partial charge is 0.487 e. The van der Waals surface area contributed by atoms with Crippen LogP contribution in [0.5, 0.6) is 5.75 Å². The second-order valence-electron chi connectivity index (χ2n) is 6.07. The van der Waals surface area contributed by atoms with Gasteiger partial charge in [0.25, 0.3) is 5.56 Å². The molecule has 0 saturated carbocycles. The van der Waals surface area contributed by atoms with Gasteiger partial charge >= 0.3 is 5.97 Å². The van der Waals surface area contributed by atoms with E-state index in [0.29, 0.717) is 0 Å². The summed E-state index contributed by atoms with van der Waals surface area (Å²) in [6.07, 6.45) is 0. The molecule has 29 heavy (non-hydrogen) atoms. The van der Waals surface area contributed by atoms with E-state index in [1.54, 1.807) is 0 Å². The summed E-state index contributed by atoms with van der Waals surface area (Å²) in [5, 5.41) is 9.19.